The SMILES string of the molecule is CNC(c1cc(Br)cc(Br)c1)c1cc(Cl)sc1Cl. The summed E-state index contributed by atoms with van der Waals surface area (Å²) in [5, 5.41) is 3.27. The molecule has 1 atom stereocenters. The van der Waals surface area contributed by atoms with Gasteiger partial charge in [0.15, 0.2) is 0 Å². The largest absolute Gasteiger partial charge is 0.309 e. The highest BCUT2D eigenvalue weighted by molar-refractivity contribution is 9.11. The minimum absolute atomic E-state index is 0.0232. The summed E-state index contributed by atoms with van der Waals surface area (Å²) in [4.78, 5) is 0. The van der Waals surface area contributed by atoms with Gasteiger partial charge < -0.3 is 5.32 Å². The maximum Gasteiger partial charge on any atom is 0.0995 e. The van der Waals surface area contributed by atoms with Crippen LogP contribution in [0.1, 0.15) is 17.2 Å². The molecule has 96 valence electrons. The first kappa shape index (κ1) is 14.8. The Balaban J connectivity index is 2.48. The number of hydrogen-bond donors (Lipinski definition) is 1. The zero-order valence-electron chi connectivity index (χ0n) is 9.31. The fourth-order valence-electron chi connectivity index (χ4n) is 1.79. The summed E-state index contributed by atoms with van der Waals surface area (Å²) in [5.74, 6) is 0. The average molecular weight is 430 g/mol. The number of thiophene rings is 1. The van der Waals surface area contributed by atoms with Gasteiger partial charge in [-0.3, -0.25) is 0 Å². The van der Waals surface area contributed by atoms with Gasteiger partial charge in [-0.25, -0.2) is 0 Å². The maximum atomic E-state index is 6.22. The van der Waals surface area contributed by atoms with Crippen LogP contribution in [0.25, 0.3) is 0 Å². The molecule has 2 rings (SSSR count). The van der Waals surface area contributed by atoms with E-state index in [-0.39, 0.29) is 6.04 Å². The molecule has 2 aromatic rings. The molecule has 0 radical (unpaired) electrons. The van der Waals surface area contributed by atoms with E-state index in [2.05, 4.69) is 49.3 Å². The van der Waals surface area contributed by atoms with E-state index in [1.807, 2.05) is 19.2 Å². The molecule has 6 heteroatoms. The van der Waals surface area contributed by atoms with E-state index in [4.69, 9.17) is 23.2 Å². The molecule has 0 saturated carbocycles. The standard InChI is InChI=1S/C12H9Br2Cl2NS/c1-17-11(9-5-10(15)18-12(9)16)6-2-7(13)4-8(14)3-6/h2-5,11,17H,1H3. The minimum atomic E-state index is 0.0232. The fourth-order valence-corrected chi connectivity index (χ4v) is 4.65. The number of hydrogen-bond acceptors (Lipinski definition) is 2. The Morgan fingerprint density at radius 1 is 1.11 bits per heavy atom. The summed E-state index contributed by atoms with van der Waals surface area (Å²) in [7, 11) is 1.90. The zero-order chi connectivity index (χ0) is 13.3. The predicted molar refractivity (Wildman–Crippen MR) is 87.1 cm³/mol. The van der Waals surface area contributed by atoms with Crippen molar-refractivity contribution >= 4 is 66.4 Å². The van der Waals surface area contributed by atoms with Crippen molar-refractivity contribution in [2.24, 2.45) is 0 Å². The lowest BCUT2D eigenvalue weighted by molar-refractivity contribution is 0.693. The molecule has 0 fully saturated rings. The monoisotopic (exact) mass is 427 g/mol. The molecule has 18 heavy (non-hydrogen) atoms. The molecule has 0 aliphatic carbocycles. The summed E-state index contributed by atoms with van der Waals surface area (Å²) >= 11 is 20.6. The van der Waals surface area contributed by atoms with Gasteiger partial charge in [-0.05, 0) is 36.9 Å². The highest BCUT2D eigenvalue weighted by atomic mass is 79.9. The van der Waals surface area contributed by atoms with Crippen LogP contribution in [-0.4, -0.2) is 7.05 Å². The first-order valence-electron chi connectivity index (χ1n) is 5.09. The summed E-state index contributed by atoms with van der Waals surface area (Å²) in [6, 6.07) is 8.06. The lowest BCUT2D eigenvalue weighted by Gasteiger charge is -2.17. The number of halogens is 4. The molecule has 0 saturated heterocycles. The molecule has 0 amide bonds. The molecular weight excluding hydrogens is 421 g/mol. The van der Waals surface area contributed by atoms with Crippen molar-refractivity contribution in [3.05, 3.63) is 53.0 Å². The highest BCUT2D eigenvalue weighted by Crippen LogP contribution is 2.38. The number of benzene rings is 1. The fraction of sp³-hybridized carbons (Fsp3) is 0.167. The Morgan fingerprint density at radius 2 is 1.72 bits per heavy atom. The second kappa shape index (κ2) is 6.25. The van der Waals surface area contributed by atoms with Gasteiger partial charge in [-0.1, -0.05) is 55.1 Å². The van der Waals surface area contributed by atoms with E-state index >= 15 is 0 Å². The molecule has 0 bridgehead atoms. The van der Waals surface area contributed by atoms with Crippen molar-refractivity contribution in [2.45, 2.75) is 6.04 Å². The van der Waals surface area contributed by atoms with E-state index in [9.17, 15) is 0 Å². The second-order valence-corrected chi connectivity index (χ2v) is 7.82. The number of rotatable bonds is 3. The third-order valence-electron chi connectivity index (χ3n) is 2.50. The third-order valence-corrected chi connectivity index (χ3v) is 4.93. The molecule has 1 heterocycles. The van der Waals surface area contributed by atoms with Gasteiger partial charge in [-0.2, -0.15) is 0 Å². The van der Waals surface area contributed by atoms with Gasteiger partial charge in [0.1, 0.15) is 0 Å². The van der Waals surface area contributed by atoms with Gasteiger partial charge in [0.05, 0.1) is 14.7 Å². The van der Waals surface area contributed by atoms with Crippen LogP contribution in [0.2, 0.25) is 8.67 Å². The van der Waals surface area contributed by atoms with E-state index in [1.165, 1.54) is 11.3 Å². The van der Waals surface area contributed by atoms with E-state index in [0.717, 1.165) is 24.4 Å². The topological polar surface area (TPSA) is 12.0 Å². The molecule has 1 unspecified atom stereocenters. The van der Waals surface area contributed by atoms with Crippen molar-refractivity contribution in [2.75, 3.05) is 7.05 Å². The molecule has 0 spiro atoms. The van der Waals surface area contributed by atoms with Crippen LogP contribution in [0.3, 0.4) is 0 Å². The van der Waals surface area contributed by atoms with Gasteiger partial charge in [0.25, 0.3) is 0 Å². The van der Waals surface area contributed by atoms with E-state index < -0.39 is 0 Å². The average Bonchev–Trinajstić information content (AvgIpc) is 2.58. The molecule has 1 nitrogen and oxygen atoms in total. The predicted octanol–water partition coefficient (Wildman–Crippen LogP) is 5.89. The van der Waals surface area contributed by atoms with Crippen molar-refractivity contribution < 1.29 is 0 Å². The lowest BCUT2D eigenvalue weighted by atomic mass is 10.0. The maximum absolute atomic E-state index is 6.22. The van der Waals surface area contributed by atoms with E-state index in [1.54, 1.807) is 0 Å². The van der Waals surface area contributed by atoms with Gasteiger partial charge in [0, 0.05) is 14.5 Å². The summed E-state index contributed by atoms with van der Waals surface area (Å²) in [6.07, 6.45) is 0. The molecule has 0 aliphatic heterocycles. The summed E-state index contributed by atoms with van der Waals surface area (Å²) < 4.78 is 3.45. The number of nitrogens with one attached hydrogen (secondary N) is 1. The van der Waals surface area contributed by atoms with Gasteiger partial charge in [-0.15, -0.1) is 11.3 Å². The van der Waals surface area contributed by atoms with Crippen LogP contribution < -0.4 is 5.32 Å². The van der Waals surface area contributed by atoms with Crippen LogP contribution in [0.4, 0.5) is 0 Å². The lowest BCUT2D eigenvalue weighted by Crippen LogP contribution is -2.17. The molecular formula is C12H9Br2Cl2NS. The van der Waals surface area contributed by atoms with Crippen molar-refractivity contribution in [3.8, 4) is 0 Å². The first-order chi connectivity index (χ1) is 8.51. The summed E-state index contributed by atoms with van der Waals surface area (Å²) in [5.41, 5.74) is 2.12. The van der Waals surface area contributed by atoms with Crippen LogP contribution in [0.5, 0.6) is 0 Å². The van der Waals surface area contributed by atoms with Crippen LogP contribution in [-0.2, 0) is 0 Å². The van der Waals surface area contributed by atoms with Crippen molar-refractivity contribution in [1.29, 1.82) is 0 Å². The van der Waals surface area contributed by atoms with Crippen LogP contribution in [0, 0.1) is 0 Å². The van der Waals surface area contributed by atoms with Gasteiger partial charge >= 0.3 is 0 Å². The van der Waals surface area contributed by atoms with Crippen molar-refractivity contribution in [3.63, 3.8) is 0 Å². The second-order valence-electron chi connectivity index (χ2n) is 3.70. The Hall–Kier alpha value is 0.420. The van der Waals surface area contributed by atoms with E-state index in [0.29, 0.717) is 4.34 Å². The highest BCUT2D eigenvalue weighted by Gasteiger charge is 2.18. The van der Waals surface area contributed by atoms with Crippen LogP contribution in [0.15, 0.2) is 33.2 Å². The van der Waals surface area contributed by atoms with Crippen molar-refractivity contribution in [1.82, 2.24) is 5.32 Å². The Bertz CT molecular complexity index is 551. The molecule has 1 N–H and O–H groups in total. The third kappa shape index (κ3) is 3.30. The smallest absolute Gasteiger partial charge is 0.0995 e. The zero-order valence-corrected chi connectivity index (χ0v) is 14.8. The molecule has 0 aliphatic rings. The summed E-state index contributed by atoms with van der Waals surface area (Å²) in [6.45, 7) is 0. The van der Waals surface area contributed by atoms with Crippen LogP contribution >= 0.6 is 66.4 Å². The minimum Gasteiger partial charge on any atom is -0.309 e. The molecule has 1 aromatic carbocycles. The Labute approximate surface area is 137 Å². The molecule has 1 aromatic heterocycles. The Kier molecular flexibility index (Phi) is 5.14. The first-order valence-corrected chi connectivity index (χ1v) is 8.25. The van der Waals surface area contributed by atoms with Gasteiger partial charge in [0.2, 0.25) is 0 Å². The normalized spacial score (nSPS) is 12.7. The quantitative estimate of drug-likeness (QED) is 0.641. The Morgan fingerprint density at radius 3 is 2.17 bits per heavy atom.